The lowest BCUT2D eigenvalue weighted by Crippen LogP contribution is -3.04. The summed E-state index contributed by atoms with van der Waals surface area (Å²) < 4.78 is 0. The van der Waals surface area contributed by atoms with Crippen LogP contribution in [0, 0.1) is 10.1 Å². The van der Waals surface area contributed by atoms with Crippen LogP contribution in [0.15, 0.2) is 24.4 Å². The van der Waals surface area contributed by atoms with Gasteiger partial charge < -0.3 is 9.88 Å². The van der Waals surface area contributed by atoms with Crippen molar-refractivity contribution in [2.45, 2.75) is 6.54 Å². The number of benzene rings is 1. The maximum absolute atomic E-state index is 10.6. The van der Waals surface area contributed by atoms with Gasteiger partial charge in [0, 0.05) is 29.3 Å². The van der Waals surface area contributed by atoms with Crippen LogP contribution in [0.1, 0.15) is 5.56 Å². The Hall–Kier alpha value is -1.88. The van der Waals surface area contributed by atoms with Crippen LogP contribution in [0.25, 0.3) is 10.9 Å². The quantitative estimate of drug-likeness (QED) is 0.591. The second-order valence-corrected chi connectivity index (χ2v) is 4.18. The molecule has 2 aromatic rings. The van der Waals surface area contributed by atoms with E-state index in [4.69, 9.17) is 0 Å². The molecule has 0 aliphatic heterocycles. The van der Waals surface area contributed by atoms with Crippen LogP contribution < -0.4 is 4.90 Å². The third-order valence-electron chi connectivity index (χ3n) is 2.51. The fourth-order valence-corrected chi connectivity index (χ4v) is 1.82. The maximum atomic E-state index is 10.6. The van der Waals surface area contributed by atoms with Gasteiger partial charge in [-0.1, -0.05) is 0 Å². The van der Waals surface area contributed by atoms with Crippen LogP contribution in [0.4, 0.5) is 5.69 Å². The smallest absolute Gasteiger partial charge is 0.271 e. The largest absolute Gasteiger partial charge is 0.360 e. The van der Waals surface area contributed by atoms with E-state index in [2.05, 4.69) is 19.1 Å². The molecule has 5 nitrogen and oxygen atoms in total. The molecule has 0 amide bonds. The number of H-pyrrole nitrogens is 1. The number of aromatic amines is 1. The predicted octanol–water partition coefficient (Wildman–Crippen LogP) is 0.721. The third kappa shape index (κ3) is 1.90. The summed E-state index contributed by atoms with van der Waals surface area (Å²) >= 11 is 0. The van der Waals surface area contributed by atoms with E-state index in [0.29, 0.717) is 0 Å². The molecule has 0 spiro atoms. The average molecular weight is 220 g/mol. The van der Waals surface area contributed by atoms with Crippen molar-refractivity contribution in [3.05, 3.63) is 40.1 Å². The van der Waals surface area contributed by atoms with E-state index >= 15 is 0 Å². The molecule has 2 N–H and O–H groups in total. The molecule has 0 saturated carbocycles. The highest BCUT2D eigenvalue weighted by Gasteiger charge is 2.11. The van der Waals surface area contributed by atoms with Crippen LogP contribution in [-0.4, -0.2) is 24.0 Å². The number of hydrogen-bond acceptors (Lipinski definition) is 2. The number of non-ortho nitro benzene ring substituents is 1. The van der Waals surface area contributed by atoms with Gasteiger partial charge in [0.05, 0.1) is 24.5 Å². The van der Waals surface area contributed by atoms with Crippen LogP contribution in [0.5, 0.6) is 0 Å². The van der Waals surface area contributed by atoms with Gasteiger partial charge in [0.25, 0.3) is 5.69 Å². The zero-order valence-corrected chi connectivity index (χ0v) is 9.28. The van der Waals surface area contributed by atoms with E-state index in [0.717, 1.165) is 17.4 Å². The summed E-state index contributed by atoms with van der Waals surface area (Å²) in [5.74, 6) is 0. The van der Waals surface area contributed by atoms with E-state index in [-0.39, 0.29) is 10.6 Å². The average Bonchev–Trinajstić information content (AvgIpc) is 2.60. The van der Waals surface area contributed by atoms with Gasteiger partial charge in [-0.3, -0.25) is 10.1 Å². The number of hydrogen-bond donors (Lipinski definition) is 2. The van der Waals surface area contributed by atoms with E-state index in [1.54, 1.807) is 12.1 Å². The Kier molecular flexibility index (Phi) is 2.62. The van der Waals surface area contributed by atoms with Crippen LogP contribution in [0.3, 0.4) is 0 Å². The normalized spacial score (nSPS) is 11.2. The minimum absolute atomic E-state index is 0.123. The van der Waals surface area contributed by atoms with Gasteiger partial charge in [0.1, 0.15) is 6.54 Å². The molecule has 0 bridgehead atoms. The summed E-state index contributed by atoms with van der Waals surface area (Å²) in [6.07, 6.45) is 1.92. The lowest BCUT2D eigenvalue weighted by Gasteiger charge is -2.05. The molecular weight excluding hydrogens is 206 g/mol. The van der Waals surface area contributed by atoms with Crippen molar-refractivity contribution < 1.29 is 9.82 Å². The zero-order valence-electron chi connectivity index (χ0n) is 9.28. The molecule has 2 rings (SSSR count). The Bertz CT molecular complexity index is 531. The third-order valence-corrected chi connectivity index (χ3v) is 2.51. The van der Waals surface area contributed by atoms with Crippen LogP contribution in [0.2, 0.25) is 0 Å². The van der Waals surface area contributed by atoms with Crippen LogP contribution >= 0.6 is 0 Å². The molecule has 84 valence electrons. The van der Waals surface area contributed by atoms with Crippen molar-refractivity contribution in [2.24, 2.45) is 0 Å². The molecule has 0 atom stereocenters. The molecule has 1 aromatic heterocycles. The van der Waals surface area contributed by atoms with E-state index in [1.165, 1.54) is 10.5 Å². The minimum Gasteiger partial charge on any atom is -0.360 e. The number of nitrogens with zero attached hydrogens (tertiary/aromatic N) is 1. The first-order valence-corrected chi connectivity index (χ1v) is 5.11. The van der Waals surface area contributed by atoms with Crippen molar-refractivity contribution in [3.8, 4) is 0 Å². The Labute approximate surface area is 92.8 Å². The lowest BCUT2D eigenvalue weighted by atomic mass is 10.1. The number of fused-ring (bicyclic) bond motifs is 1. The molecule has 1 aromatic carbocycles. The number of aromatic nitrogens is 1. The van der Waals surface area contributed by atoms with Crippen molar-refractivity contribution in [3.63, 3.8) is 0 Å². The number of nitrogens with one attached hydrogen (secondary N) is 2. The summed E-state index contributed by atoms with van der Waals surface area (Å²) in [6, 6.07) is 4.93. The standard InChI is InChI=1S/C11H13N3O2/c1-13(2)7-8-6-12-11-5-9(14(15)16)3-4-10(8)11/h3-6,12H,7H2,1-2H3/p+1. The van der Waals surface area contributed by atoms with Gasteiger partial charge in [0.2, 0.25) is 0 Å². The van der Waals surface area contributed by atoms with Crippen molar-refractivity contribution in [1.29, 1.82) is 0 Å². The summed E-state index contributed by atoms with van der Waals surface area (Å²) in [5.41, 5.74) is 2.13. The van der Waals surface area contributed by atoms with Gasteiger partial charge >= 0.3 is 0 Å². The predicted molar refractivity (Wildman–Crippen MR) is 61.5 cm³/mol. The molecule has 0 unspecified atom stereocenters. The zero-order chi connectivity index (χ0) is 11.7. The molecule has 0 radical (unpaired) electrons. The first-order valence-electron chi connectivity index (χ1n) is 5.11. The molecule has 1 heterocycles. The first-order chi connectivity index (χ1) is 7.58. The second-order valence-electron chi connectivity index (χ2n) is 4.18. The Morgan fingerprint density at radius 1 is 1.44 bits per heavy atom. The Balaban J connectivity index is 2.46. The maximum Gasteiger partial charge on any atom is 0.271 e. The molecule has 16 heavy (non-hydrogen) atoms. The van der Waals surface area contributed by atoms with Gasteiger partial charge in [0.15, 0.2) is 0 Å². The SMILES string of the molecule is C[NH+](C)Cc1c[nH]c2cc([N+](=O)[O-])ccc12. The molecule has 0 saturated heterocycles. The fraction of sp³-hybridized carbons (Fsp3) is 0.273. The lowest BCUT2D eigenvalue weighted by molar-refractivity contribution is -0.872. The highest BCUT2D eigenvalue weighted by atomic mass is 16.6. The van der Waals surface area contributed by atoms with Crippen molar-refractivity contribution in [1.82, 2.24) is 4.98 Å². The minimum atomic E-state index is -0.378. The number of rotatable bonds is 3. The van der Waals surface area contributed by atoms with Gasteiger partial charge in [-0.25, -0.2) is 0 Å². The van der Waals surface area contributed by atoms with E-state index < -0.39 is 0 Å². The van der Waals surface area contributed by atoms with Gasteiger partial charge in [-0.2, -0.15) is 0 Å². The summed E-state index contributed by atoms with van der Waals surface area (Å²) in [7, 11) is 4.15. The van der Waals surface area contributed by atoms with Crippen molar-refractivity contribution >= 4 is 16.6 Å². The number of nitro groups is 1. The van der Waals surface area contributed by atoms with Crippen LogP contribution in [-0.2, 0) is 6.54 Å². The van der Waals surface area contributed by atoms with E-state index in [1.807, 2.05) is 12.3 Å². The van der Waals surface area contributed by atoms with E-state index in [9.17, 15) is 10.1 Å². The number of quaternary nitrogens is 1. The summed E-state index contributed by atoms with van der Waals surface area (Å²) in [4.78, 5) is 14.6. The topological polar surface area (TPSA) is 63.4 Å². The van der Waals surface area contributed by atoms with Gasteiger partial charge in [-0.15, -0.1) is 0 Å². The second kappa shape index (κ2) is 3.94. The monoisotopic (exact) mass is 220 g/mol. The fourth-order valence-electron chi connectivity index (χ4n) is 1.82. The first kappa shape index (κ1) is 10.6. The molecular formula is C11H14N3O2+. The highest BCUT2D eigenvalue weighted by Crippen LogP contribution is 2.22. The Morgan fingerprint density at radius 3 is 2.81 bits per heavy atom. The Morgan fingerprint density at radius 2 is 2.19 bits per heavy atom. The molecule has 0 aliphatic rings. The highest BCUT2D eigenvalue weighted by molar-refractivity contribution is 5.85. The molecule has 0 fully saturated rings. The van der Waals surface area contributed by atoms with Crippen molar-refractivity contribution in [2.75, 3.05) is 14.1 Å². The van der Waals surface area contributed by atoms with Gasteiger partial charge in [-0.05, 0) is 6.07 Å². The molecule has 5 heteroatoms. The molecule has 0 aliphatic carbocycles. The summed E-state index contributed by atoms with van der Waals surface area (Å²) in [5, 5.41) is 11.7. The summed E-state index contributed by atoms with van der Waals surface area (Å²) in [6.45, 7) is 0.901. The number of nitro benzene ring substituents is 1.